The molecule has 0 spiro atoms. The fraction of sp³-hybridized carbons (Fsp3) is 0.222. The van der Waals surface area contributed by atoms with Gasteiger partial charge in [0.1, 0.15) is 28.4 Å². The Kier molecular flexibility index (Phi) is 6.21. The summed E-state index contributed by atoms with van der Waals surface area (Å²) in [4.78, 5) is 13.6. The highest BCUT2D eigenvalue weighted by Crippen LogP contribution is 2.42. The Morgan fingerprint density at radius 3 is 2.33 bits per heavy atom. The molecule has 0 aliphatic carbocycles. The van der Waals surface area contributed by atoms with Crippen LogP contribution < -0.4 is 4.74 Å². The lowest BCUT2D eigenvalue weighted by atomic mass is 9.98. The van der Waals surface area contributed by atoms with Gasteiger partial charge in [-0.15, -0.1) is 0 Å². The Labute approximate surface area is 194 Å². The van der Waals surface area contributed by atoms with Crippen molar-refractivity contribution in [2.24, 2.45) is 0 Å². The van der Waals surface area contributed by atoms with Crippen molar-refractivity contribution in [3.63, 3.8) is 0 Å². The minimum absolute atomic E-state index is 0.243. The van der Waals surface area contributed by atoms with E-state index in [9.17, 15) is 13.6 Å². The third kappa shape index (κ3) is 4.91. The van der Waals surface area contributed by atoms with E-state index in [1.54, 1.807) is 32.0 Å². The van der Waals surface area contributed by atoms with Gasteiger partial charge in [-0.05, 0) is 68.7 Å². The molecule has 0 aliphatic heterocycles. The fourth-order valence-electron chi connectivity index (χ4n) is 3.90. The molecule has 0 saturated heterocycles. The predicted octanol–water partition coefficient (Wildman–Crippen LogP) is 7.33. The van der Waals surface area contributed by atoms with E-state index in [1.807, 2.05) is 38.1 Å². The van der Waals surface area contributed by atoms with Gasteiger partial charge >= 0.3 is 5.97 Å². The van der Waals surface area contributed by atoms with E-state index in [1.165, 1.54) is 18.2 Å². The highest BCUT2D eigenvalue weighted by molar-refractivity contribution is 7.43. The van der Waals surface area contributed by atoms with E-state index in [4.69, 9.17) is 9.47 Å². The maximum Gasteiger partial charge on any atom is 0.345 e. The molecule has 6 heteroatoms. The maximum atomic E-state index is 13.6. The van der Waals surface area contributed by atoms with E-state index in [0.29, 0.717) is 11.3 Å². The van der Waals surface area contributed by atoms with Crippen LogP contribution in [0.3, 0.4) is 0 Å². The van der Waals surface area contributed by atoms with E-state index < -0.39 is 11.6 Å². The van der Waals surface area contributed by atoms with E-state index in [2.05, 4.69) is 5.38 Å². The average molecular weight is 468 g/mol. The molecule has 0 amide bonds. The van der Waals surface area contributed by atoms with Gasteiger partial charge in [0.15, 0.2) is 16.2 Å². The third-order valence-electron chi connectivity index (χ3n) is 5.50. The molecule has 1 heterocycles. The summed E-state index contributed by atoms with van der Waals surface area (Å²) in [6.07, 6.45) is 0. The van der Waals surface area contributed by atoms with Crippen molar-refractivity contribution in [1.82, 2.24) is 0 Å². The molecule has 0 fully saturated rings. The Hall–Kier alpha value is -3.25. The monoisotopic (exact) mass is 467 g/mol. The van der Waals surface area contributed by atoms with Crippen molar-refractivity contribution in [2.45, 2.75) is 33.3 Å². The van der Waals surface area contributed by atoms with E-state index in [0.717, 1.165) is 26.1 Å². The van der Waals surface area contributed by atoms with Crippen molar-refractivity contribution in [3.8, 4) is 10.6 Å². The first kappa shape index (κ1) is 22.9. The van der Waals surface area contributed by atoms with Crippen molar-refractivity contribution in [1.29, 1.82) is 0 Å². The SMILES string of the molecule is Cc1cc(-[s+]2ccc3cc(F)ccc32)cc(C)c1OCC(=O)OC(C)(C)c1cccc(F)c1. The Balaban J connectivity index is 1.49. The minimum Gasteiger partial charge on any atom is -0.481 e. The summed E-state index contributed by atoms with van der Waals surface area (Å²) in [5.41, 5.74) is 1.38. The summed E-state index contributed by atoms with van der Waals surface area (Å²) in [5, 5.41) is 2.99. The third-order valence-corrected chi connectivity index (χ3v) is 7.50. The van der Waals surface area contributed by atoms with Crippen LogP contribution in [0.15, 0.2) is 66.0 Å². The number of halogens is 2. The van der Waals surface area contributed by atoms with Crippen LogP contribution in [-0.4, -0.2) is 12.6 Å². The molecule has 4 aromatic rings. The standard InChI is InChI=1S/C27H25F2O3S/c1-17-12-23(33-11-10-19-14-22(29)8-9-24(19)33)13-18(2)26(17)31-16-25(30)32-27(3,4)20-6-5-7-21(28)15-20/h5-15H,16H2,1-4H3/q+1. The maximum absolute atomic E-state index is 13.6. The van der Waals surface area contributed by atoms with Crippen molar-refractivity contribution in [2.75, 3.05) is 6.61 Å². The molecule has 0 aliphatic rings. The highest BCUT2D eigenvalue weighted by atomic mass is 32.2. The van der Waals surface area contributed by atoms with Crippen LogP contribution in [0.5, 0.6) is 5.75 Å². The molecular formula is C27H25F2O3S+. The second kappa shape index (κ2) is 8.94. The summed E-state index contributed by atoms with van der Waals surface area (Å²) in [5.74, 6) is -0.536. The number of ether oxygens (including phenoxy) is 2. The first-order chi connectivity index (χ1) is 15.6. The van der Waals surface area contributed by atoms with Crippen LogP contribution >= 0.6 is 10.5 Å². The van der Waals surface area contributed by atoms with Crippen LogP contribution in [0.25, 0.3) is 15.0 Å². The topological polar surface area (TPSA) is 35.5 Å². The van der Waals surface area contributed by atoms with Gasteiger partial charge in [-0.25, -0.2) is 13.6 Å². The Morgan fingerprint density at radius 1 is 0.939 bits per heavy atom. The number of carbonyl (C=O) groups excluding carboxylic acids is 1. The lowest BCUT2D eigenvalue weighted by Gasteiger charge is -2.26. The molecule has 0 saturated carbocycles. The molecule has 170 valence electrons. The number of thiophene rings is 1. The zero-order chi connectivity index (χ0) is 23.8. The molecule has 0 bridgehead atoms. The molecule has 3 aromatic carbocycles. The van der Waals surface area contributed by atoms with Crippen molar-refractivity contribution < 1.29 is 23.0 Å². The van der Waals surface area contributed by atoms with Gasteiger partial charge in [0.25, 0.3) is 0 Å². The molecular weight excluding hydrogens is 442 g/mol. The highest BCUT2D eigenvalue weighted by Gasteiger charge is 2.26. The quantitative estimate of drug-likeness (QED) is 0.220. The number of hydrogen-bond acceptors (Lipinski definition) is 3. The Morgan fingerprint density at radius 2 is 1.64 bits per heavy atom. The van der Waals surface area contributed by atoms with Gasteiger partial charge in [-0.3, -0.25) is 0 Å². The second-order valence-corrected chi connectivity index (χ2v) is 10.4. The van der Waals surface area contributed by atoms with Crippen molar-refractivity contribution in [3.05, 3.63) is 94.4 Å². The predicted molar refractivity (Wildman–Crippen MR) is 128 cm³/mol. The lowest BCUT2D eigenvalue weighted by Crippen LogP contribution is -2.28. The molecule has 3 nitrogen and oxygen atoms in total. The number of aryl methyl sites for hydroxylation is 2. The smallest absolute Gasteiger partial charge is 0.345 e. The molecule has 33 heavy (non-hydrogen) atoms. The molecule has 1 aromatic heterocycles. The fourth-order valence-corrected chi connectivity index (χ4v) is 5.95. The second-order valence-electron chi connectivity index (χ2n) is 8.49. The van der Waals surface area contributed by atoms with Gasteiger partial charge in [0, 0.05) is 40.1 Å². The number of fused-ring (bicyclic) bond motifs is 1. The van der Waals surface area contributed by atoms with Crippen molar-refractivity contribution >= 4 is 26.5 Å². The molecule has 4 rings (SSSR count). The summed E-state index contributed by atoms with van der Waals surface area (Å²) in [7, 11) is -0.277. The molecule has 0 N–H and O–H groups in total. The minimum atomic E-state index is -0.987. The number of carbonyl (C=O) groups is 1. The van der Waals surface area contributed by atoms with Crippen LogP contribution in [0.2, 0.25) is 0 Å². The molecule has 1 unspecified atom stereocenters. The summed E-state index contributed by atoms with van der Waals surface area (Å²) in [6, 6.07) is 16.9. The number of benzene rings is 3. The van der Waals surface area contributed by atoms with Gasteiger partial charge in [-0.2, -0.15) is 0 Å². The van der Waals surface area contributed by atoms with E-state index >= 15 is 0 Å². The van der Waals surface area contributed by atoms with Crippen LogP contribution in [0, 0.1) is 25.5 Å². The largest absolute Gasteiger partial charge is 0.481 e. The number of rotatable bonds is 6. The Bertz CT molecular complexity index is 1320. The van der Waals surface area contributed by atoms with Gasteiger partial charge in [0.05, 0.1) is 0 Å². The number of esters is 1. The summed E-state index contributed by atoms with van der Waals surface area (Å²) in [6.45, 7) is 7.04. The lowest BCUT2D eigenvalue weighted by molar-refractivity contribution is -0.159. The first-order valence-electron chi connectivity index (χ1n) is 10.6. The first-order valence-corrected chi connectivity index (χ1v) is 11.9. The normalized spacial score (nSPS) is 12.1. The zero-order valence-corrected chi connectivity index (χ0v) is 19.8. The van der Waals surface area contributed by atoms with Gasteiger partial charge in [0.2, 0.25) is 0 Å². The van der Waals surface area contributed by atoms with E-state index in [-0.39, 0.29) is 28.7 Å². The molecule has 1 atom stereocenters. The van der Waals surface area contributed by atoms with Crippen LogP contribution in [0.4, 0.5) is 8.78 Å². The van der Waals surface area contributed by atoms with Crippen LogP contribution in [0.1, 0.15) is 30.5 Å². The van der Waals surface area contributed by atoms with Gasteiger partial charge < -0.3 is 9.47 Å². The molecule has 0 radical (unpaired) electrons. The van der Waals surface area contributed by atoms with Gasteiger partial charge in [-0.1, -0.05) is 12.1 Å². The number of hydrogen-bond donors (Lipinski definition) is 0. The van der Waals surface area contributed by atoms with Crippen LogP contribution in [-0.2, 0) is 15.1 Å². The summed E-state index contributed by atoms with van der Waals surface area (Å²) < 4.78 is 39.6. The average Bonchev–Trinajstić information content (AvgIpc) is 3.15. The summed E-state index contributed by atoms with van der Waals surface area (Å²) >= 11 is 0. The zero-order valence-electron chi connectivity index (χ0n) is 18.9.